The van der Waals surface area contributed by atoms with Crippen LogP contribution in [0.3, 0.4) is 0 Å². The van der Waals surface area contributed by atoms with E-state index in [-0.39, 0.29) is 28.3 Å². The van der Waals surface area contributed by atoms with Crippen LogP contribution in [0.2, 0.25) is 5.02 Å². The van der Waals surface area contributed by atoms with Gasteiger partial charge in [-0.2, -0.15) is 4.52 Å². The van der Waals surface area contributed by atoms with Gasteiger partial charge in [0, 0.05) is 21.4 Å². The molecule has 2 aromatic carbocycles. The van der Waals surface area contributed by atoms with Crippen molar-refractivity contribution in [2.45, 2.75) is 31.7 Å². The number of fused-ring (bicyclic) bond motifs is 3. The molecule has 0 spiro atoms. The number of amides is 1. The molecular weight excluding hydrogens is 553 g/mol. The third-order valence-corrected chi connectivity index (χ3v) is 6.38. The van der Waals surface area contributed by atoms with E-state index in [0.717, 1.165) is 18.9 Å². The summed E-state index contributed by atoms with van der Waals surface area (Å²) in [6, 6.07) is 8.65. The summed E-state index contributed by atoms with van der Waals surface area (Å²) in [5.74, 6) is -0.489. The smallest absolute Gasteiger partial charge is 0.405 e. The number of carbonyl (C=O) groups is 1. The number of alkyl halides is 3. The standard InChI is InChI=1S/C22H17BrClF3N6O2/c23-14-5-3-4-13-17(14)30-21(29-15-6-1-2-9-28-20(15)34)33-19(13)31-18(32-33)12-8-7-11(24)10-16(12)35-22(25,26)27/h3-5,7-8,10,15H,1-2,6,9H2,(H,28,34)(H,29,30)/t15-/m1/s1. The van der Waals surface area contributed by atoms with Gasteiger partial charge in [-0.15, -0.1) is 18.3 Å². The second-order valence-corrected chi connectivity index (χ2v) is 9.21. The molecule has 1 fully saturated rings. The Morgan fingerprint density at radius 2 is 2.03 bits per heavy atom. The maximum atomic E-state index is 13.0. The largest absolute Gasteiger partial charge is 0.573 e. The minimum absolute atomic E-state index is 0.00303. The summed E-state index contributed by atoms with van der Waals surface area (Å²) >= 11 is 9.40. The van der Waals surface area contributed by atoms with Crippen molar-refractivity contribution in [3.8, 4) is 17.1 Å². The van der Waals surface area contributed by atoms with Crippen molar-refractivity contribution in [1.29, 1.82) is 0 Å². The average molecular weight is 570 g/mol. The minimum Gasteiger partial charge on any atom is -0.405 e. The zero-order valence-corrected chi connectivity index (χ0v) is 20.2. The number of aromatic nitrogens is 4. The monoisotopic (exact) mass is 568 g/mol. The van der Waals surface area contributed by atoms with E-state index in [9.17, 15) is 18.0 Å². The third-order valence-electron chi connectivity index (χ3n) is 5.50. The van der Waals surface area contributed by atoms with Crippen LogP contribution < -0.4 is 15.4 Å². The summed E-state index contributed by atoms with van der Waals surface area (Å²) in [7, 11) is 0. The van der Waals surface area contributed by atoms with Crippen LogP contribution in [0, 0.1) is 0 Å². The molecule has 1 amide bonds. The highest BCUT2D eigenvalue weighted by atomic mass is 79.9. The maximum absolute atomic E-state index is 13.0. The molecule has 3 heterocycles. The molecule has 1 saturated heterocycles. The first-order valence-electron chi connectivity index (χ1n) is 10.6. The second kappa shape index (κ2) is 9.15. The summed E-state index contributed by atoms with van der Waals surface area (Å²) in [4.78, 5) is 21.7. The molecule has 1 aliphatic heterocycles. The quantitative estimate of drug-likeness (QED) is 0.345. The fraction of sp³-hybridized carbons (Fsp3) is 0.273. The summed E-state index contributed by atoms with van der Waals surface area (Å²) < 4.78 is 45.4. The topological polar surface area (TPSA) is 93.4 Å². The van der Waals surface area contributed by atoms with Crippen LogP contribution in [0.25, 0.3) is 27.9 Å². The van der Waals surface area contributed by atoms with Crippen molar-refractivity contribution in [2.24, 2.45) is 0 Å². The van der Waals surface area contributed by atoms with Crippen LogP contribution in [-0.2, 0) is 4.79 Å². The van der Waals surface area contributed by atoms with E-state index in [1.165, 1.54) is 16.6 Å². The number of hydrogen-bond acceptors (Lipinski definition) is 6. The van der Waals surface area contributed by atoms with E-state index < -0.39 is 18.2 Å². The number of halogens is 5. The first-order valence-corrected chi connectivity index (χ1v) is 11.8. The molecule has 0 aliphatic carbocycles. The fourth-order valence-electron chi connectivity index (χ4n) is 3.93. The minimum atomic E-state index is -4.93. The van der Waals surface area contributed by atoms with Gasteiger partial charge in [-0.05, 0) is 65.5 Å². The van der Waals surface area contributed by atoms with Crippen LogP contribution in [0.1, 0.15) is 19.3 Å². The highest BCUT2D eigenvalue weighted by Gasteiger charge is 2.33. The van der Waals surface area contributed by atoms with Crippen molar-refractivity contribution >= 4 is 55.9 Å². The van der Waals surface area contributed by atoms with E-state index in [1.54, 1.807) is 18.2 Å². The highest BCUT2D eigenvalue weighted by molar-refractivity contribution is 9.10. The van der Waals surface area contributed by atoms with E-state index in [2.05, 4.69) is 46.4 Å². The first kappa shape index (κ1) is 23.6. The van der Waals surface area contributed by atoms with E-state index in [0.29, 0.717) is 34.0 Å². The molecule has 5 rings (SSSR count). The molecule has 35 heavy (non-hydrogen) atoms. The van der Waals surface area contributed by atoms with Crippen LogP contribution in [0.15, 0.2) is 40.9 Å². The molecule has 1 atom stereocenters. The Morgan fingerprint density at radius 3 is 2.83 bits per heavy atom. The number of ether oxygens (including phenoxy) is 1. The predicted octanol–water partition coefficient (Wildman–Crippen LogP) is 5.34. The average Bonchev–Trinajstić information content (AvgIpc) is 3.13. The van der Waals surface area contributed by atoms with Gasteiger partial charge in [0.25, 0.3) is 0 Å². The van der Waals surface area contributed by atoms with Gasteiger partial charge in [0.2, 0.25) is 11.9 Å². The van der Waals surface area contributed by atoms with Gasteiger partial charge in [0.05, 0.1) is 11.1 Å². The Kier molecular flexibility index (Phi) is 6.18. The van der Waals surface area contributed by atoms with Gasteiger partial charge in [-0.1, -0.05) is 17.7 Å². The molecule has 2 aromatic heterocycles. The predicted molar refractivity (Wildman–Crippen MR) is 127 cm³/mol. The zero-order chi connectivity index (χ0) is 24.7. The van der Waals surface area contributed by atoms with Gasteiger partial charge >= 0.3 is 6.36 Å². The van der Waals surface area contributed by atoms with Gasteiger partial charge in [-0.3, -0.25) is 4.79 Å². The van der Waals surface area contributed by atoms with Crippen molar-refractivity contribution in [3.63, 3.8) is 0 Å². The lowest BCUT2D eigenvalue weighted by atomic mass is 10.1. The summed E-state index contributed by atoms with van der Waals surface area (Å²) in [6.45, 7) is 0.592. The molecule has 2 N–H and O–H groups in total. The molecule has 4 aromatic rings. The van der Waals surface area contributed by atoms with Gasteiger partial charge in [0.15, 0.2) is 11.5 Å². The Bertz CT molecular complexity index is 1440. The van der Waals surface area contributed by atoms with Gasteiger partial charge in [0.1, 0.15) is 11.8 Å². The zero-order valence-electron chi connectivity index (χ0n) is 17.9. The molecule has 1 aliphatic rings. The van der Waals surface area contributed by atoms with Crippen molar-refractivity contribution < 1.29 is 22.7 Å². The summed E-state index contributed by atoms with van der Waals surface area (Å²) in [5.41, 5.74) is 0.894. The Hall–Kier alpha value is -3.12. The number of para-hydroxylation sites is 1. The summed E-state index contributed by atoms with van der Waals surface area (Å²) in [6.07, 6.45) is -2.65. The van der Waals surface area contributed by atoms with Gasteiger partial charge in [-0.25, -0.2) is 9.97 Å². The lowest BCUT2D eigenvalue weighted by Crippen LogP contribution is -2.38. The number of nitrogens with one attached hydrogen (secondary N) is 2. The number of hydrogen-bond donors (Lipinski definition) is 2. The normalized spacial score (nSPS) is 16.8. The number of nitrogens with zero attached hydrogens (tertiary/aromatic N) is 4. The number of carbonyl (C=O) groups excluding carboxylic acids is 1. The number of benzene rings is 2. The van der Waals surface area contributed by atoms with Crippen LogP contribution in [0.5, 0.6) is 5.75 Å². The van der Waals surface area contributed by atoms with Crippen molar-refractivity contribution in [2.75, 3.05) is 11.9 Å². The highest BCUT2D eigenvalue weighted by Crippen LogP contribution is 2.36. The van der Waals surface area contributed by atoms with Gasteiger partial charge < -0.3 is 15.4 Å². The van der Waals surface area contributed by atoms with Crippen LogP contribution >= 0.6 is 27.5 Å². The maximum Gasteiger partial charge on any atom is 0.573 e. The third kappa shape index (κ3) is 4.85. The summed E-state index contributed by atoms with van der Waals surface area (Å²) in [5, 5.41) is 11.1. The molecule has 13 heteroatoms. The first-order chi connectivity index (χ1) is 16.7. The second-order valence-electron chi connectivity index (χ2n) is 7.91. The molecule has 0 radical (unpaired) electrons. The van der Waals surface area contributed by atoms with E-state index in [4.69, 9.17) is 11.6 Å². The van der Waals surface area contributed by atoms with Crippen molar-refractivity contribution in [1.82, 2.24) is 24.9 Å². The molecule has 0 saturated carbocycles. The molecule has 0 unspecified atom stereocenters. The molecule has 0 bridgehead atoms. The Morgan fingerprint density at radius 1 is 1.20 bits per heavy atom. The lowest BCUT2D eigenvalue weighted by Gasteiger charge is -2.17. The van der Waals surface area contributed by atoms with Crippen LogP contribution in [-0.4, -0.2) is 44.4 Å². The number of rotatable bonds is 4. The Labute approximate surface area is 210 Å². The SMILES string of the molecule is O=C1NCCCC[C@H]1Nc1nc2c(Br)cccc2c2nc(-c3ccc(Cl)cc3OC(F)(F)F)nn12. The van der Waals surface area contributed by atoms with E-state index >= 15 is 0 Å². The fourth-order valence-corrected chi connectivity index (χ4v) is 4.54. The van der Waals surface area contributed by atoms with E-state index in [1.807, 2.05) is 0 Å². The lowest BCUT2D eigenvalue weighted by molar-refractivity contribution is -0.274. The van der Waals surface area contributed by atoms with Crippen molar-refractivity contribution in [3.05, 3.63) is 45.9 Å². The Balaban J connectivity index is 1.69. The molecule has 8 nitrogen and oxygen atoms in total. The molecule has 182 valence electrons. The molecular formula is C22H17BrClF3N6O2. The van der Waals surface area contributed by atoms with Crippen LogP contribution in [0.4, 0.5) is 19.1 Å². The number of anilines is 1.